The molecule has 0 atom stereocenters. The summed E-state index contributed by atoms with van der Waals surface area (Å²) in [6.45, 7) is 0.0118. The largest absolute Gasteiger partial charge is 0.496 e. The third kappa shape index (κ3) is 3.58. The number of ether oxygens (including phenoxy) is 2. The van der Waals surface area contributed by atoms with Crippen LogP contribution in [0.25, 0.3) is 0 Å². The SMILES string of the molecule is COc1cc(Br)c(OCC(=O)c2cccs2)cc1Br. The van der Waals surface area contributed by atoms with Gasteiger partial charge in [-0.25, -0.2) is 0 Å². The van der Waals surface area contributed by atoms with Crippen LogP contribution in [-0.2, 0) is 0 Å². The molecule has 0 aliphatic carbocycles. The predicted molar refractivity (Wildman–Crippen MR) is 82.5 cm³/mol. The first-order chi connectivity index (χ1) is 9.11. The van der Waals surface area contributed by atoms with Crippen LogP contribution in [-0.4, -0.2) is 19.5 Å². The van der Waals surface area contributed by atoms with Gasteiger partial charge in [0.25, 0.3) is 0 Å². The Morgan fingerprint density at radius 2 is 1.95 bits per heavy atom. The van der Waals surface area contributed by atoms with E-state index in [2.05, 4.69) is 31.9 Å². The van der Waals surface area contributed by atoms with Gasteiger partial charge < -0.3 is 9.47 Å². The van der Waals surface area contributed by atoms with Crippen LogP contribution < -0.4 is 9.47 Å². The predicted octanol–water partition coefficient (Wildman–Crippen LogP) is 4.54. The molecule has 0 aliphatic heterocycles. The number of rotatable bonds is 5. The lowest BCUT2D eigenvalue weighted by Crippen LogP contribution is -2.10. The smallest absolute Gasteiger partial charge is 0.210 e. The maximum Gasteiger partial charge on any atom is 0.210 e. The van der Waals surface area contributed by atoms with Gasteiger partial charge in [0.2, 0.25) is 5.78 Å². The maximum absolute atomic E-state index is 11.8. The summed E-state index contributed by atoms with van der Waals surface area (Å²) in [6, 6.07) is 7.19. The summed E-state index contributed by atoms with van der Waals surface area (Å²) >= 11 is 8.17. The van der Waals surface area contributed by atoms with Gasteiger partial charge in [-0.2, -0.15) is 0 Å². The van der Waals surface area contributed by atoms with Crippen molar-refractivity contribution >= 4 is 49.0 Å². The van der Waals surface area contributed by atoms with Crippen LogP contribution in [0.15, 0.2) is 38.6 Å². The van der Waals surface area contributed by atoms with Gasteiger partial charge in [-0.3, -0.25) is 4.79 Å². The lowest BCUT2D eigenvalue weighted by molar-refractivity contribution is 0.0925. The first-order valence-corrected chi connectivity index (χ1v) is 7.81. The van der Waals surface area contributed by atoms with Gasteiger partial charge in [-0.05, 0) is 55.4 Å². The molecule has 0 bridgehead atoms. The number of ketones is 1. The second-order valence-electron chi connectivity index (χ2n) is 3.61. The topological polar surface area (TPSA) is 35.5 Å². The van der Waals surface area contributed by atoms with E-state index in [1.807, 2.05) is 11.4 Å². The lowest BCUT2D eigenvalue weighted by atomic mass is 10.3. The summed E-state index contributed by atoms with van der Waals surface area (Å²) in [4.78, 5) is 12.5. The molecule has 6 heteroatoms. The number of halogens is 2. The quantitative estimate of drug-likeness (QED) is 0.685. The zero-order valence-corrected chi connectivity index (χ0v) is 14.0. The van der Waals surface area contributed by atoms with E-state index in [4.69, 9.17) is 9.47 Å². The summed E-state index contributed by atoms with van der Waals surface area (Å²) < 4.78 is 12.2. The van der Waals surface area contributed by atoms with E-state index < -0.39 is 0 Å². The molecule has 1 aromatic heterocycles. The fraction of sp³-hybridized carbons (Fsp3) is 0.154. The van der Waals surface area contributed by atoms with Gasteiger partial charge in [0.1, 0.15) is 11.5 Å². The van der Waals surface area contributed by atoms with E-state index in [0.717, 1.165) is 8.95 Å². The Bertz CT molecular complexity index is 582. The highest BCUT2D eigenvalue weighted by Gasteiger charge is 2.11. The van der Waals surface area contributed by atoms with Crippen molar-refractivity contribution < 1.29 is 14.3 Å². The first-order valence-electron chi connectivity index (χ1n) is 5.34. The van der Waals surface area contributed by atoms with E-state index in [-0.39, 0.29) is 12.4 Å². The Morgan fingerprint density at radius 3 is 2.58 bits per heavy atom. The average Bonchev–Trinajstić information content (AvgIpc) is 2.93. The number of methoxy groups -OCH3 is 1. The molecule has 2 aromatic rings. The lowest BCUT2D eigenvalue weighted by Gasteiger charge is -2.10. The van der Waals surface area contributed by atoms with Crippen molar-refractivity contribution in [2.45, 2.75) is 0 Å². The number of thiophene rings is 1. The number of hydrogen-bond donors (Lipinski definition) is 0. The van der Waals surface area contributed by atoms with Gasteiger partial charge in [-0.1, -0.05) is 6.07 Å². The number of hydrogen-bond acceptors (Lipinski definition) is 4. The van der Waals surface area contributed by atoms with E-state index in [1.54, 1.807) is 25.3 Å². The van der Waals surface area contributed by atoms with Gasteiger partial charge >= 0.3 is 0 Å². The molecule has 2 rings (SSSR count). The Balaban J connectivity index is 2.08. The summed E-state index contributed by atoms with van der Waals surface area (Å²) in [5.74, 6) is 1.26. The van der Waals surface area contributed by atoms with Crippen molar-refractivity contribution in [2.24, 2.45) is 0 Å². The number of Topliss-reactive ketones (excluding diaryl/α,β-unsaturated/α-hetero) is 1. The number of benzene rings is 1. The number of carbonyl (C=O) groups excluding carboxylic acids is 1. The molecule has 0 amide bonds. The monoisotopic (exact) mass is 404 g/mol. The molecule has 100 valence electrons. The van der Waals surface area contributed by atoms with E-state index >= 15 is 0 Å². The minimum Gasteiger partial charge on any atom is -0.496 e. The van der Waals surface area contributed by atoms with E-state index in [1.165, 1.54) is 11.3 Å². The summed E-state index contributed by atoms with van der Waals surface area (Å²) in [6.07, 6.45) is 0. The normalized spacial score (nSPS) is 10.3. The molecule has 19 heavy (non-hydrogen) atoms. The Hall–Kier alpha value is -0.850. The van der Waals surface area contributed by atoms with Crippen LogP contribution in [0.4, 0.5) is 0 Å². The highest BCUT2D eigenvalue weighted by atomic mass is 79.9. The third-order valence-corrected chi connectivity index (χ3v) is 4.51. The van der Waals surface area contributed by atoms with Gasteiger partial charge in [-0.15, -0.1) is 11.3 Å². The molecule has 0 saturated heterocycles. The second-order valence-corrected chi connectivity index (χ2v) is 6.26. The second kappa shape index (κ2) is 6.54. The van der Waals surface area contributed by atoms with Crippen LogP contribution in [0.1, 0.15) is 9.67 Å². The molecule has 0 saturated carbocycles. The fourth-order valence-corrected chi connectivity index (χ4v) is 3.00. The molecular weight excluding hydrogens is 396 g/mol. The zero-order valence-electron chi connectivity index (χ0n) is 9.98. The van der Waals surface area contributed by atoms with Crippen molar-refractivity contribution in [3.05, 3.63) is 43.5 Å². The van der Waals surface area contributed by atoms with Gasteiger partial charge in [0.15, 0.2) is 6.61 Å². The van der Waals surface area contributed by atoms with Crippen LogP contribution in [0.5, 0.6) is 11.5 Å². The van der Waals surface area contributed by atoms with Crippen molar-refractivity contribution in [3.8, 4) is 11.5 Å². The third-order valence-electron chi connectivity index (χ3n) is 2.36. The van der Waals surface area contributed by atoms with E-state index in [0.29, 0.717) is 16.4 Å². The molecule has 3 nitrogen and oxygen atoms in total. The summed E-state index contributed by atoms with van der Waals surface area (Å²) in [7, 11) is 1.59. The van der Waals surface area contributed by atoms with Crippen LogP contribution >= 0.6 is 43.2 Å². The Kier molecular flexibility index (Phi) is 5.01. The Morgan fingerprint density at radius 1 is 1.26 bits per heavy atom. The van der Waals surface area contributed by atoms with Crippen molar-refractivity contribution in [1.82, 2.24) is 0 Å². The van der Waals surface area contributed by atoms with Gasteiger partial charge in [0.05, 0.1) is 20.9 Å². The molecule has 0 unspecified atom stereocenters. The molecule has 0 spiro atoms. The highest BCUT2D eigenvalue weighted by Crippen LogP contribution is 2.36. The highest BCUT2D eigenvalue weighted by molar-refractivity contribution is 9.11. The molecule has 0 aliphatic rings. The molecule has 0 N–H and O–H groups in total. The minimum atomic E-state index is -0.0335. The average molecular weight is 406 g/mol. The van der Waals surface area contributed by atoms with E-state index in [9.17, 15) is 4.79 Å². The van der Waals surface area contributed by atoms with Crippen LogP contribution in [0.3, 0.4) is 0 Å². The van der Waals surface area contributed by atoms with Crippen LogP contribution in [0.2, 0.25) is 0 Å². The summed E-state index contributed by atoms with van der Waals surface area (Å²) in [5, 5.41) is 1.87. The summed E-state index contributed by atoms with van der Waals surface area (Å²) in [5.41, 5.74) is 0. The minimum absolute atomic E-state index is 0.0118. The van der Waals surface area contributed by atoms with Crippen molar-refractivity contribution in [2.75, 3.05) is 13.7 Å². The molecule has 1 heterocycles. The molecule has 0 radical (unpaired) electrons. The zero-order chi connectivity index (χ0) is 13.8. The van der Waals surface area contributed by atoms with Crippen molar-refractivity contribution in [3.63, 3.8) is 0 Å². The fourth-order valence-electron chi connectivity index (χ4n) is 1.43. The van der Waals surface area contributed by atoms with Crippen molar-refractivity contribution in [1.29, 1.82) is 0 Å². The molecular formula is C13H10Br2O3S. The molecule has 1 aromatic carbocycles. The number of carbonyl (C=O) groups is 1. The van der Waals surface area contributed by atoms with Crippen LogP contribution in [0, 0.1) is 0 Å². The maximum atomic E-state index is 11.8. The molecule has 0 fully saturated rings. The van der Waals surface area contributed by atoms with Gasteiger partial charge in [0, 0.05) is 0 Å². The Labute approximate surface area is 131 Å². The first kappa shape index (κ1) is 14.6. The standard InChI is InChI=1S/C13H10Br2O3S/c1-17-11-5-9(15)12(6-8(11)14)18-7-10(16)13-3-2-4-19-13/h2-6H,7H2,1H3.